The van der Waals surface area contributed by atoms with Gasteiger partial charge in [0, 0.05) is 34.1 Å². The Hall–Kier alpha value is 1.06. The first kappa shape index (κ1) is 19.7. The molecule has 0 aromatic rings. The minimum absolute atomic E-state index is 0. The summed E-state index contributed by atoms with van der Waals surface area (Å²) >= 11 is 0. The molecule has 0 fully saturated rings. The third-order valence-electron chi connectivity index (χ3n) is 0. The summed E-state index contributed by atoms with van der Waals surface area (Å²) in [6.07, 6.45) is 0. The molecule has 0 aliphatic rings. The average molecular weight is 155 g/mol. The van der Waals surface area contributed by atoms with Crippen LogP contribution in [-0.2, 0) is 38.6 Å². The van der Waals surface area contributed by atoms with Gasteiger partial charge in [0.1, 0.15) is 0 Å². The van der Waals surface area contributed by atoms with Crippen molar-refractivity contribution in [3.8, 4) is 0 Å². The van der Waals surface area contributed by atoms with Crippen molar-refractivity contribution in [1.29, 1.82) is 0 Å². The molecule has 25 valence electrons. The Kier molecular flexibility index (Phi) is 167. The van der Waals surface area contributed by atoms with E-state index in [1.54, 1.807) is 10.1 Å². The molecule has 0 bridgehead atoms. The topological polar surface area (TPSA) is 17.1 Å². The maximum Gasteiger partial charge on any atom is 0.381 e. The zero-order valence-electron chi connectivity index (χ0n) is 1.64. The molecule has 0 amide bonds. The molecule has 0 N–H and O–H groups in total. The van der Waals surface area contributed by atoms with Gasteiger partial charge in [-0.3, -0.25) is 0 Å². The predicted octanol–water partition coefficient (Wildman–Crippen LogP) is -0.505. The summed E-state index contributed by atoms with van der Waals surface area (Å²) in [5.41, 5.74) is 0. The minimum atomic E-state index is 0. The van der Waals surface area contributed by atoms with Gasteiger partial charge in [-0.25, -0.2) is 0 Å². The Morgan fingerprint density at radius 3 is 1.25 bits per heavy atom. The molecule has 0 aliphatic carbocycles. The maximum atomic E-state index is 8.06. The van der Waals surface area contributed by atoms with Crippen molar-refractivity contribution < 1.29 is 38.6 Å². The van der Waals surface area contributed by atoms with E-state index in [2.05, 4.69) is 0 Å². The summed E-state index contributed by atoms with van der Waals surface area (Å²) in [7, 11) is 1.72. The molecule has 0 spiro atoms. The van der Waals surface area contributed by atoms with Crippen LogP contribution in [0.25, 0.3) is 0 Å². The Morgan fingerprint density at radius 2 is 1.25 bits per heavy atom. The number of hydrogen-bond donors (Lipinski definition) is 0. The van der Waals surface area contributed by atoms with E-state index in [9.17, 15) is 0 Å². The van der Waals surface area contributed by atoms with Crippen LogP contribution in [0.15, 0.2) is 0 Å². The summed E-state index contributed by atoms with van der Waals surface area (Å²) in [5, 5.41) is 0. The van der Waals surface area contributed by atoms with E-state index in [0.717, 1.165) is 0 Å². The first-order chi connectivity index (χ1) is 1.00. The fraction of sp³-hybridized carbons (Fsp3) is 0. The normalized spacial score (nSPS) is 1.00. The summed E-state index contributed by atoms with van der Waals surface area (Å²) < 4.78 is 8.06. The summed E-state index contributed by atoms with van der Waals surface area (Å²) in [5.74, 6) is 0. The smallest absolute Gasteiger partial charge is 0.381 e. The van der Waals surface area contributed by atoms with Crippen LogP contribution in [0.5, 0.6) is 0 Å². The summed E-state index contributed by atoms with van der Waals surface area (Å²) in [6.45, 7) is 0. The van der Waals surface area contributed by atoms with Gasteiger partial charge in [-0.15, -0.1) is 0 Å². The molecule has 0 saturated carbocycles. The molecule has 0 aromatic heterocycles. The van der Waals surface area contributed by atoms with E-state index in [1.165, 1.54) is 0 Å². The molecule has 0 saturated heterocycles. The van der Waals surface area contributed by atoms with E-state index in [0.29, 0.717) is 0 Å². The second-order valence-corrected chi connectivity index (χ2v) is 0. The van der Waals surface area contributed by atoms with Crippen LogP contribution in [0.2, 0.25) is 0 Å². The van der Waals surface area contributed by atoms with Gasteiger partial charge in [0.25, 0.3) is 0 Å². The molecule has 0 atom stereocenters. The first-order valence-electron chi connectivity index (χ1n) is 0.204. The standard InChI is InChI=1S/Fe.Mn.OSi/c;;1-2. The second-order valence-electron chi connectivity index (χ2n) is 0. The van der Waals surface area contributed by atoms with Crippen LogP contribution >= 0.6 is 0 Å². The number of hydrogen-bond acceptors (Lipinski definition) is 1. The molecule has 0 heterocycles. The van der Waals surface area contributed by atoms with Crippen molar-refractivity contribution >= 4 is 10.1 Å². The first-order valence-corrected chi connectivity index (χ1v) is 0.612. The molecule has 3 radical (unpaired) electrons. The Morgan fingerprint density at radius 1 is 1.25 bits per heavy atom. The van der Waals surface area contributed by atoms with Crippen LogP contribution < -0.4 is 0 Å². The molecular weight excluding hydrogens is 155 g/mol. The molecule has 0 rings (SSSR count). The Balaban J connectivity index is -0.00000000500. The SMILES string of the molecule is O=[Si].[Fe].[Mn]. The van der Waals surface area contributed by atoms with Crippen molar-refractivity contribution in [3.05, 3.63) is 0 Å². The third-order valence-corrected chi connectivity index (χ3v) is 0. The molecular formula is FeMnOSi. The van der Waals surface area contributed by atoms with Crippen molar-refractivity contribution in [2.24, 2.45) is 0 Å². The number of rotatable bonds is 0. The molecule has 0 aliphatic heterocycles. The van der Waals surface area contributed by atoms with Crippen LogP contribution in [0.3, 0.4) is 0 Å². The third kappa shape index (κ3) is 11.6. The van der Waals surface area contributed by atoms with Crippen molar-refractivity contribution in [2.45, 2.75) is 0 Å². The summed E-state index contributed by atoms with van der Waals surface area (Å²) in [4.78, 5) is 0. The Labute approximate surface area is 49.0 Å². The summed E-state index contributed by atoms with van der Waals surface area (Å²) in [6, 6.07) is 0. The maximum absolute atomic E-state index is 8.06. The largest absolute Gasteiger partial charge is 0.381 e. The minimum Gasteiger partial charge on any atom is -0.381 e. The van der Waals surface area contributed by atoms with E-state index >= 15 is 0 Å². The fourth-order valence-electron chi connectivity index (χ4n) is 0. The molecule has 4 heavy (non-hydrogen) atoms. The monoisotopic (exact) mass is 155 g/mol. The fourth-order valence-corrected chi connectivity index (χ4v) is 0. The van der Waals surface area contributed by atoms with Gasteiger partial charge in [-0.2, -0.15) is 0 Å². The van der Waals surface area contributed by atoms with Crippen LogP contribution in [0, 0.1) is 0 Å². The predicted molar refractivity (Wildman–Crippen MR) is 6.44 cm³/mol. The van der Waals surface area contributed by atoms with Gasteiger partial charge in [-0.05, 0) is 0 Å². The van der Waals surface area contributed by atoms with Crippen molar-refractivity contribution in [3.63, 3.8) is 0 Å². The van der Waals surface area contributed by atoms with Crippen LogP contribution in [-0.4, -0.2) is 10.1 Å². The molecule has 1 nitrogen and oxygen atoms in total. The van der Waals surface area contributed by atoms with Crippen LogP contribution in [0.4, 0.5) is 0 Å². The van der Waals surface area contributed by atoms with E-state index in [-0.39, 0.29) is 34.1 Å². The van der Waals surface area contributed by atoms with E-state index in [4.69, 9.17) is 4.46 Å². The van der Waals surface area contributed by atoms with Gasteiger partial charge in [-0.1, -0.05) is 0 Å². The van der Waals surface area contributed by atoms with E-state index < -0.39 is 0 Å². The van der Waals surface area contributed by atoms with E-state index in [1.807, 2.05) is 0 Å². The molecule has 0 aromatic carbocycles. The molecule has 4 heteroatoms. The van der Waals surface area contributed by atoms with Crippen molar-refractivity contribution in [1.82, 2.24) is 0 Å². The van der Waals surface area contributed by atoms with Gasteiger partial charge in [0.2, 0.25) is 0 Å². The molecule has 0 unspecified atom stereocenters. The van der Waals surface area contributed by atoms with Crippen molar-refractivity contribution in [2.75, 3.05) is 0 Å². The van der Waals surface area contributed by atoms with Crippen LogP contribution in [0.1, 0.15) is 0 Å². The van der Waals surface area contributed by atoms with Gasteiger partial charge < -0.3 is 4.46 Å². The zero-order valence-corrected chi connectivity index (χ0v) is 4.92. The van der Waals surface area contributed by atoms with Gasteiger partial charge in [0.15, 0.2) is 0 Å². The van der Waals surface area contributed by atoms with Gasteiger partial charge in [0.05, 0.1) is 0 Å². The second kappa shape index (κ2) is 34.0. The van der Waals surface area contributed by atoms with Gasteiger partial charge >= 0.3 is 10.1 Å². The zero-order chi connectivity index (χ0) is 2.00. The quantitative estimate of drug-likeness (QED) is 0.430. The Bertz CT molecular complexity index is 8.00. The average Bonchev–Trinajstić information content (AvgIpc) is 1.00.